The highest BCUT2D eigenvalue weighted by atomic mass is 19.1. The van der Waals surface area contributed by atoms with Gasteiger partial charge in [0, 0.05) is 29.5 Å². The zero-order valence-corrected chi connectivity index (χ0v) is 23.8. The molecule has 40 heavy (non-hydrogen) atoms. The van der Waals surface area contributed by atoms with E-state index in [1.807, 2.05) is 50.2 Å². The van der Waals surface area contributed by atoms with Crippen LogP contribution < -0.4 is 14.2 Å². The number of hydrogen-bond donors (Lipinski definition) is 1. The standard InChI is InChI=1S/C33H37FO6/c1-19-14-23(38-13-12-33(3,4)36)15-20(2)31(19)25-8-10-27(34)32-26(25)9-11-28(32)40-22-6-7-24-21(16-30(35)37-5)18-39-29(24)17-22/h6-8,10,14-15,17,21,28,36H,9,11-13,16,18H2,1-5H3/t21-,28-/m1/s1. The molecule has 1 heterocycles. The molecule has 2 atom stereocenters. The van der Waals surface area contributed by atoms with Gasteiger partial charge in [-0.1, -0.05) is 12.1 Å². The Kier molecular flexibility index (Phi) is 7.78. The first-order valence-electron chi connectivity index (χ1n) is 13.8. The highest BCUT2D eigenvalue weighted by Crippen LogP contribution is 2.45. The lowest BCUT2D eigenvalue weighted by molar-refractivity contribution is -0.141. The number of carbonyl (C=O) groups is 1. The van der Waals surface area contributed by atoms with Crippen LogP contribution >= 0.6 is 0 Å². The van der Waals surface area contributed by atoms with Gasteiger partial charge < -0.3 is 24.1 Å². The molecule has 0 unspecified atom stereocenters. The number of fused-ring (bicyclic) bond motifs is 2. The molecule has 0 saturated heterocycles. The number of aryl methyl sites for hydroxylation is 2. The number of hydrogen-bond acceptors (Lipinski definition) is 6. The molecule has 1 aliphatic carbocycles. The van der Waals surface area contributed by atoms with Gasteiger partial charge in [0.25, 0.3) is 0 Å². The van der Waals surface area contributed by atoms with E-state index < -0.39 is 11.7 Å². The van der Waals surface area contributed by atoms with E-state index in [0.717, 1.165) is 39.1 Å². The molecule has 1 N–H and O–H groups in total. The largest absolute Gasteiger partial charge is 0.493 e. The summed E-state index contributed by atoms with van der Waals surface area (Å²) < 4.78 is 38.2. The maximum Gasteiger partial charge on any atom is 0.306 e. The van der Waals surface area contributed by atoms with Crippen molar-refractivity contribution in [2.24, 2.45) is 0 Å². The van der Waals surface area contributed by atoms with E-state index in [4.69, 9.17) is 18.9 Å². The van der Waals surface area contributed by atoms with Gasteiger partial charge >= 0.3 is 5.97 Å². The number of esters is 1. The first-order chi connectivity index (χ1) is 19.0. The molecule has 0 bridgehead atoms. The number of ether oxygens (including phenoxy) is 4. The summed E-state index contributed by atoms with van der Waals surface area (Å²) in [6.45, 7) is 8.46. The molecule has 3 aromatic rings. The monoisotopic (exact) mass is 548 g/mol. The topological polar surface area (TPSA) is 74.2 Å². The van der Waals surface area contributed by atoms with Crippen molar-refractivity contribution in [3.05, 3.63) is 76.1 Å². The van der Waals surface area contributed by atoms with Crippen molar-refractivity contribution in [2.45, 2.75) is 71.0 Å². The lowest BCUT2D eigenvalue weighted by atomic mass is 9.90. The summed E-state index contributed by atoms with van der Waals surface area (Å²) in [7, 11) is 1.38. The van der Waals surface area contributed by atoms with E-state index >= 15 is 4.39 Å². The average Bonchev–Trinajstić information content (AvgIpc) is 3.49. The lowest BCUT2D eigenvalue weighted by Gasteiger charge is -2.20. The van der Waals surface area contributed by atoms with Gasteiger partial charge in [-0.05, 0) is 92.6 Å². The Balaban J connectivity index is 1.37. The number of carbonyl (C=O) groups excluding carboxylic acids is 1. The minimum Gasteiger partial charge on any atom is -0.493 e. The van der Waals surface area contributed by atoms with Gasteiger partial charge in [-0.2, -0.15) is 0 Å². The number of aliphatic hydroxyl groups is 1. The van der Waals surface area contributed by atoms with E-state index in [2.05, 4.69) is 0 Å². The van der Waals surface area contributed by atoms with Crippen molar-refractivity contribution in [3.63, 3.8) is 0 Å². The predicted octanol–water partition coefficient (Wildman–Crippen LogP) is 6.75. The van der Waals surface area contributed by atoms with Crippen molar-refractivity contribution in [1.29, 1.82) is 0 Å². The van der Waals surface area contributed by atoms with E-state index in [0.29, 0.717) is 49.5 Å². The van der Waals surface area contributed by atoms with E-state index in [1.54, 1.807) is 13.8 Å². The molecule has 212 valence electrons. The summed E-state index contributed by atoms with van der Waals surface area (Å²) >= 11 is 0. The molecule has 0 fully saturated rings. The van der Waals surface area contributed by atoms with Crippen LogP contribution in [0.3, 0.4) is 0 Å². The van der Waals surface area contributed by atoms with Gasteiger partial charge in [0.2, 0.25) is 0 Å². The SMILES string of the molecule is COC(=O)C[C@@H]1COc2cc(O[C@@H]3CCc4c(-c5c(C)cc(OCCC(C)(C)O)cc5C)ccc(F)c43)ccc21. The zero-order valence-electron chi connectivity index (χ0n) is 23.8. The fourth-order valence-electron chi connectivity index (χ4n) is 5.82. The van der Waals surface area contributed by atoms with Crippen LogP contribution in [0.15, 0.2) is 42.5 Å². The Morgan fingerprint density at radius 3 is 2.55 bits per heavy atom. The van der Waals surface area contributed by atoms with Gasteiger partial charge in [0.05, 0.1) is 32.3 Å². The van der Waals surface area contributed by atoms with E-state index in [9.17, 15) is 9.90 Å². The third kappa shape index (κ3) is 5.80. The third-order valence-electron chi connectivity index (χ3n) is 7.82. The summed E-state index contributed by atoms with van der Waals surface area (Å²) in [5.74, 6) is 1.48. The molecular formula is C33H37FO6. The molecular weight excluding hydrogens is 511 g/mol. The smallest absolute Gasteiger partial charge is 0.306 e. The van der Waals surface area contributed by atoms with Gasteiger partial charge in [-0.25, -0.2) is 4.39 Å². The highest BCUT2D eigenvalue weighted by molar-refractivity contribution is 5.76. The quantitative estimate of drug-likeness (QED) is 0.298. The maximum absolute atomic E-state index is 15.3. The first kappa shape index (κ1) is 28.0. The molecule has 5 rings (SSSR count). The van der Waals surface area contributed by atoms with Crippen LogP contribution in [-0.4, -0.2) is 37.0 Å². The van der Waals surface area contributed by atoms with Crippen molar-refractivity contribution in [3.8, 4) is 28.4 Å². The van der Waals surface area contributed by atoms with E-state index in [1.165, 1.54) is 13.2 Å². The Hall–Kier alpha value is -3.58. The van der Waals surface area contributed by atoms with Crippen molar-refractivity contribution >= 4 is 5.97 Å². The van der Waals surface area contributed by atoms with Crippen molar-refractivity contribution in [2.75, 3.05) is 20.3 Å². The second-order valence-corrected chi connectivity index (χ2v) is 11.5. The molecule has 3 aromatic carbocycles. The number of benzene rings is 3. The van der Waals surface area contributed by atoms with Crippen LogP contribution in [0.25, 0.3) is 11.1 Å². The van der Waals surface area contributed by atoms with Gasteiger partial charge in [-0.3, -0.25) is 4.79 Å². The molecule has 7 heteroatoms. The summed E-state index contributed by atoms with van der Waals surface area (Å²) in [6, 6.07) is 13.0. The maximum atomic E-state index is 15.3. The molecule has 6 nitrogen and oxygen atoms in total. The van der Waals surface area contributed by atoms with Crippen LogP contribution in [0, 0.1) is 19.7 Å². The minimum absolute atomic E-state index is 0.0477. The fraction of sp³-hybridized carbons (Fsp3) is 0.424. The summed E-state index contributed by atoms with van der Waals surface area (Å²) in [5.41, 5.74) is 5.95. The third-order valence-corrected chi connectivity index (χ3v) is 7.82. The van der Waals surface area contributed by atoms with Crippen LogP contribution in [-0.2, 0) is 16.0 Å². The van der Waals surface area contributed by atoms with Gasteiger partial charge in [-0.15, -0.1) is 0 Å². The average molecular weight is 549 g/mol. The Labute approximate surface area is 235 Å². The first-order valence-corrected chi connectivity index (χ1v) is 13.8. The Morgan fingerprint density at radius 2 is 1.85 bits per heavy atom. The predicted molar refractivity (Wildman–Crippen MR) is 151 cm³/mol. The second-order valence-electron chi connectivity index (χ2n) is 11.5. The summed E-state index contributed by atoms with van der Waals surface area (Å²) in [6.07, 6.45) is 1.76. The van der Waals surface area contributed by atoms with Crippen molar-refractivity contribution < 1.29 is 33.2 Å². The molecule has 0 spiro atoms. The second kappa shape index (κ2) is 11.1. The number of halogens is 1. The van der Waals surface area contributed by atoms with Crippen LogP contribution in [0.1, 0.15) is 72.9 Å². The Morgan fingerprint density at radius 1 is 1.10 bits per heavy atom. The molecule has 1 aliphatic heterocycles. The zero-order chi connectivity index (χ0) is 28.6. The molecule has 0 saturated carbocycles. The van der Waals surface area contributed by atoms with E-state index in [-0.39, 0.29) is 24.1 Å². The number of rotatable bonds is 9. The Bertz CT molecular complexity index is 1400. The van der Waals surface area contributed by atoms with Gasteiger partial charge in [0.1, 0.15) is 29.2 Å². The number of methoxy groups -OCH3 is 1. The molecule has 0 aromatic heterocycles. The summed E-state index contributed by atoms with van der Waals surface area (Å²) in [4.78, 5) is 11.7. The molecule has 2 aliphatic rings. The molecule has 0 amide bonds. The lowest BCUT2D eigenvalue weighted by Crippen LogP contribution is -2.21. The minimum atomic E-state index is -0.781. The normalized spacial score (nSPS) is 17.7. The van der Waals surface area contributed by atoms with Crippen LogP contribution in [0.5, 0.6) is 17.2 Å². The highest BCUT2D eigenvalue weighted by Gasteiger charge is 2.32. The van der Waals surface area contributed by atoms with Crippen molar-refractivity contribution in [1.82, 2.24) is 0 Å². The fourth-order valence-corrected chi connectivity index (χ4v) is 5.82. The van der Waals surface area contributed by atoms with Crippen LogP contribution in [0.4, 0.5) is 4.39 Å². The summed E-state index contributed by atoms with van der Waals surface area (Å²) in [5, 5.41) is 9.97. The van der Waals surface area contributed by atoms with Crippen LogP contribution in [0.2, 0.25) is 0 Å². The molecule has 0 radical (unpaired) electrons. The van der Waals surface area contributed by atoms with Gasteiger partial charge in [0.15, 0.2) is 0 Å².